The zero-order chi connectivity index (χ0) is 15.5. The van der Waals surface area contributed by atoms with Gasteiger partial charge in [0.1, 0.15) is 5.75 Å². The van der Waals surface area contributed by atoms with Gasteiger partial charge in [-0.15, -0.1) is 0 Å². The lowest BCUT2D eigenvalue weighted by atomic mass is 9.82. The number of rotatable bonds is 4. The molecule has 0 N–H and O–H groups in total. The van der Waals surface area contributed by atoms with E-state index in [2.05, 4.69) is 25.8 Å². The molecule has 2 rings (SSSR count). The van der Waals surface area contributed by atoms with Gasteiger partial charge in [0.15, 0.2) is 5.78 Å². The number of carbonyl (C=O) groups excluding carboxylic acids is 1. The van der Waals surface area contributed by atoms with Crippen LogP contribution in [0.2, 0.25) is 0 Å². The number of ketones is 1. The molecule has 0 amide bonds. The molecule has 21 heavy (non-hydrogen) atoms. The van der Waals surface area contributed by atoms with Crippen molar-refractivity contribution in [1.29, 1.82) is 0 Å². The zero-order valence-corrected chi connectivity index (χ0v) is 13.0. The summed E-state index contributed by atoms with van der Waals surface area (Å²) >= 11 is 0. The number of pyridine rings is 1. The average Bonchev–Trinajstić information content (AvgIpc) is 2.46. The highest BCUT2D eigenvalue weighted by atomic mass is 16.5. The Morgan fingerprint density at radius 2 is 1.90 bits per heavy atom. The van der Waals surface area contributed by atoms with E-state index in [9.17, 15) is 4.79 Å². The number of benzene rings is 1. The quantitative estimate of drug-likeness (QED) is 0.796. The summed E-state index contributed by atoms with van der Waals surface area (Å²) in [5.74, 6) is 0.603. The van der Waals surface area contributed by atoms with E-state index in [4.69, 9.17) is 4.74 Å². The maximum atomic E-state index is 12.8. The maximum Gasteiger partial charge on any atom is 0.195 e. The molecule has 0 aliphatic rings. The SMILES string of the molecule is CCOc1cncc(C(=O)c2ccccc2C(C)(C)C)c1. The molecule has 0 bridgehead atoms. The standard InChI is InChI=1S/C18H21NO2/c1-5-21-14-10-13(11-19-12-14)17(20)15-8-6-7-9-16(15)18(2,3)4/h6-12H,5H2,1-4H3. The molecule has 110 valence electrons. The maximum absolute atomic E-state index is 12.8. The summed E-state index contributed by atoms with van der Waals surface area (Å²) in [5.41, 5.74) is 2.23. The van der Waals surface area contributed by atoms with Crippen LogP contribution in [0.15, 0.2) is 42.7 Å². The summed E-state index contributed by atoms with van der Waals surface area (Å²) in [6.07, 6.45) is 3.21. The van der Waals surface area contributed by atoms with Crippen LogP contribution in [0.4, 0.5) is 0 Å². The molecule has 0 radical (unpaired) electrons. The molecule has 3 nitrogen and oxygen atoms in total. The second-order valence-electron chi connectivity index (χ2n) is 5.97. The first-order valence-corrected chi connectivity index (χ1v) is 7.15. The fourth-order valence-corrected chi connectivity index (χ4v) is 2.28. The summed E-state index contributed by atoms with van der Waals surface area (Å²) in [6.45, 7) is 8.78. The Labute approximate surface area is 126 Å². The second kappa shape index (κ2) is 6.08. The number of hydrogen-bond donors (Lipinski definition) is 0. The molecule has 1 heterocycles. The Bertz CT molecular complexity index is 642. The number of aromatic nitrogens is 1. The minimum Gasteiger partial charge on any atom is -0.492 e. The van der Waals surface area contributed by atoms with E-state index in [0.717, 1.165) is 11.1 Å². The van der Waals surface area contributed by atoms with Crippen molar-refractivity contribution in [3.8, 4) is 5.75 Å². The molecule has 3 heteroatoms. The molecule has 0 saturated carbocycles. The van der Waals surface area contributed by atoms with E-state index >= 15 is 0 Å². The van der Waals surface area contributed by atoms with Crippen molar-refractivity contribution in [2.75, 3.05) is 6.61 Å². The van der Waals surface area contributed by atoms with Crippen LogP contribution in [-0.2, 0) is 5.41 Å². The van der Waals surface area contributed by atoms with Gasteiger partial charge >= 0.3 is 0 Å². The normalized spacial score (nSPS) is 11.2. The minimum atomic E-state index is -0.0861. The molecule has 0 unspecified atom stereocenters. The Balaban J connectivity index is 2.43. The molecular formula is C18H21NO2. The highest BCUT2D eigenvalue weighted by molar-refractivity contribution is 6.10. The fourth-order valence-electron chi connectivity index (χ4n) is 2.28. The smallest absolute Gasteiger partial charge is 0.195 e. The Morgan fingerprint density at radius 1 is 1.19 bits per heavy atom. The minimum absolute atomic E-state index is 0.0189. The summed E-state index contributed by atoms with van der Waals surface area (Å²) in [6, 6.07) is 9.48. The van der Waals surface area contributed by atoms with Crippen LogP contribution >= 0.6 is 0 Å². The molecule has 0 spiro atoms. The molecule has 1 aromatic carbocycles. The second-order valence-corrected chi connectivity index (χ2v) is 5.97. The monoisotopic (exact) mass is 283 g/mol. The van der Waals surface area contributed by atoms with E-state index in [1.165, 1.54) is 0 Å². The van der Waals surface area contributed by atoms with Crippen LogP contribution in [0.1, 0.15) is 49.2 Å². The topological polar surface area (TPSA) is 39.2 Å². The van der Waals surface area contributed by atoms with E-state index < -0.39 is 0 Å². The highest BCUT2D eigenvalue weighted by Gasteiger charge is 2.22. The number of ether oxygens (including phenoxy) is 1. The van der Waals surface area contributed by atoms with E-state index in [0.29, 0.717) is 17.9 Å². The third-order valence-corrected chi connectivity index (χ3v) is 3.27. The number of hydrogen-bond acceptors (Lipinski definition) is 3. The summed E-state index contributed by atoms with van der Waals surface area (Å²) in [5, 5.41) is 0. The fraction of sp³-hybridized carbons (Fsp3) is 0.333. The van der Waals surface area contributed by atoms with Crippen LogP contribution in [-0.4, -0.2) is 17.4 Å². The van der Waals surface area contributed by atoms with Gasteiger partial charge in [-0.05, 0) is 24.0 Å². The van der Waals surface area contributed by atoms with E-state index in [1.807, 2.05) is 31.2 Å². The summed E-state index contributed by atoms with van der Waals surface area (Å²) in [4.78, 5) is 16.9. The predicted molar refractivity (Wildman–Crippen MR) is 84.0 cm³/mol. The van der Waals surface area contributed by atoms with Crippen molar-refractivity contribution in [2.45, 2.75) is 33.1 Å². The van der Waals surface area contributed by atoms with Gasteiger partial charge in [0.25, 0.3) is 0 Å². The van der Waals surface area contributed by atoms with Crippen molar-refractivity contribution in [3.05, 3.63) is 59.4 Å². The first kappa shape index (κ1) is 15.2. The van der Waals surface area contributed by atoms with Gasteiger partial charge in [-0.2, -0.15) is 0 Å². The molecule has 0 fully saturated rings. The lowest BCUT2D eigenvalue weighted by Gasteiger charge is -2.22. The summed E-state index contributed by atoms with van der Waals surface area (Å²) < 4.78 is 5.42. The third kappa shape index (κ3) is 3.48. The van der Waals surface area contributed by atoms with Gasteiger partial charge in [0, 0.05) is 17.3 Å². The van der Waals surface area contributed by atoms with Gasteiger partial charge in [-0.1, -0.05) is 45.0 Å². The molecule has 2 aromatic rings. The van der Waals surface area contributed by atoms with Gasteiger partial charge < -0.3 is 4.74 Å². The molecule has 1 aromatic heterocycles. The number of carbonyl (C=O) groups is 1. The van der Waals surface area contributed by atoms with E-state index in [1.54, 1.807) is 18.5 Å². The lowest BCUT2D eigenvalue weighted by Crippen LogP contribution is -2.17. The van der Waals surface area contributed by atoms with Gasteiger partial charge in [0.2, 0.25) is 0 Å². The first-order chi connectivity index (χ1) is 9.93. The van der Waals surface area contributed by atoms with Gasteiger partial charge in [0.05, 0.1) is 12.8 Å². The molecule has 0 aliphatic heterocycles. The first-order valence-electron chi connectivity index (χ1n) is 7.15. The molecule has 0 saturated heterocycles. The van der Waals surface area contributed by atoms with Crippen molar-refractivity contribution < 1.29 is 9.53 Å². The number of nitrogens with zero attached hydrogens (tertiary/aromatic N) is 1. The molecule has 0 atom stereocenters. The summed E-state index contributed by atoms with van der Waals surface area (Å²) in [7, 11) is 0. The largest absolute Gasteiger partial charge is 0.492 e. The van der Waals surface area contributed by atoms with Crippen molar-refractivity contribution in [2.24, 2.45) is 0 Å². The zero-order valence-electron chi connectivity index (χ0n) is 13.0. The Kier molecular flexibility index (Phi) is 4.41. The van der Waals surface area contributed by atoms with Gasteiger partial charge in [-0.25, -0.2) is 0 Å². The lowest BCUT2D eigenvalue weighted by molar-refractivity contribution is 0.103. The van der Waals surface area contributed by atoms with E-state index in [-0.39, 0.29) is 11.2 Å². The van der Waals surface area contributed by atoms with Crippen LogP contribution < -0.4 is 4.74 Å². The molecular weight excluding hydrogens is 262 g/mol. The van der Waals surface area contributed by atoms with Gasteiger partial charge in [-0.3, -0.25) is 9.78 Å². The predicted octanol–water partition coefficient (Wildman–Crippen LogP) is 4.01. The Morgan fingerprint density at radius 3 is 2.57 bits per heavy atom. The molecule has 0 aliphatic carbocycles. The highest BCUT2D eigenvalue weighted by Crippen LogP contribution is 2.27. The Hall–Kier alpha value is -2.16. The third-order valence-electron chi connectivity index (χ3n) is 3.27. The van der Waals surface area contributed by atoms with Crippen LogP contribution in [0.3, 0.4) is 0 Å². The van der Waals surface area contributed by atoms with Crippen LogP contribution in [0.5, 0.6) is 5.75 Å². The van der Waals surface area contributed by atoms with Crippen LogP contribution in [0.25, 0.3) is 0 Å². The van der Waals surface area contributed by atoms with Crippen molar-refractivity contribution >= 4 is 5.78 Å². The van der Waals surface area contributed by atoms with Crippen molar-refractivity contribution in [1.82, 2.24) is 4.98 Å². The van der Waals surface area contributed by atoms with Crippen molar-refractivity contribution in [3.63, 3.8) is 0 Å². The average molecular weight is 283 g/mol. The van der Waals surface area contributed by atoms with Crippen LogP contribution in [0, 0.1) is 0 Å².